The third-order valence-electron chi connectivity index (χ3n) is 4.57. The largest absolute Gasteiger partial charge is 0.497 e. The SMILES string of the molecule is COc1cccc(CNC(=O)c2c(C)nc3ccc(-c4ccnc(N)n4)cn23)c1. The number of aromatic nitrogens is 4. The summed E-state index contributed by atoms with van der Waals surface area (Å²) in [5.41, 5.74) is 9.93. The highest BCUT2D eigenvalue weighted by atomic mass is 16.5. The van der Waals surface area contributed by atoms with E-state index in [1.807, 2.05) is 49.5 Å². The Kier molecular flexibility index (Phi) is 4.82. The van der Waals surface area contributed by atoms with Crippen LogP contribution in [0.15, 0.2) is 54.9 Å². The van der Waals surface area contributed by atoms with Gasteiger partial charge in [-0.1, -0.05) is 12.1 Å². The van der Waals surface area contributed by atoms with Crippen LogP contribution in [0.1, 0.15) is 21.7 Å². The van der Waals surface area contributed by atoms with Crippen LogP contribution in [-0.2, 0) is 6.54 Å². The lowest BCUT2D eigenvalue weighted by Gasteiger charge is -2.08. The van der Waals surface area contributed by atoms with Gasteiger partial charge in [0.1, 0.15) is 17.1 Å². The van der Waals surface area contributed by atoms with E-state index in [2.05, 4.69) is 20.3 Å². The van der Waals surface area contributed by atoms with E-state index < -0.39 is 0 Å². The first-order valence-electron chi connectivity index (χ1n) is 9.04. The van der Waals surface area contributed by atoms with Crippen LogP contribution in [0.2, 0.25) is 0 Å². The van der Waals surface area contributed by atoms with Gasteiger partial charge in [0.15, 0.2) is 0 Å². The molecule has 0 fully saturated rings. The molecule has 0 radical (unpaired) electrons. The first-order chi connectivity index (χ1) is 14.0. The molecule has 0 aliphatic carbocycles. The van der Waals surface area contributed by atoms with Gasteiger partial charge in [-0.15, -0.1) is 0 Å². The summed E-state index contributed by atoms with van der Waals surface area (Å²) in [6.07, 6.45) is 3.43. The summed E-state index contributed by atoms with van der Waals surface area (Å²) < 4.78 is 7.00. The summed E-state index contributed by atoms with van der Waals surface area (Å²) >= 11 is 0. The average molecular weight is 388 g/mol. The number of ether oxygens (including phenoxy) is 1. The van der Waals surface area contributed by atoms with Crippen molar-refractivity contribution in [2.24, 2.45) is 0 Å². The highest BCUT2D eigenvalue weighted by molar-refractivity contribution is 5.94. The Balaban J connectivity index is 1.64. The van der Waals surface area contributed by atoms with E-state index in [9.17, 15) is 4.79 Å². The number of benzene rings is 1. The second-order valence-electron chi connectivity index (χ2n) is 6.53. The van der Waals surface area contributed by atoms with Crippen LogP contribution in [0.25, 0.3) is 16.9 Å². The molecule has 0 spiro atoms. The van der Waals surface area contributed by atoms with Gasteiger partial charge in [0.05, 0.1) is 18.5 Å². The summed E-state index contributed by atoms with van der Waals surface area (Å²) in [6, 6.07) is 13.1. The standard InChI is InChI=1S/C21H20N6O2/c1-13-19(20(28)24-11-14-4-3-5-16(10-14)29-2)27-12-15(6-7-18(27)25-13)17-8-9-23-21(22)26-17/h3-10,12H,11H2,1-2H3,(H,24,28)(H2,22,23,26). The molecule has 3 aromatic heterocycles. The van der Waals surface area contributed by atoms with Gasteiger partial charge in [0, 0.05) is 24.5 Å². The van der Waals surface area contributed by atoms with Crippen LogP contribution < -0.4 is 15.8 Å². The van der Waals surface area contributed by atoms with Crippen LogP contribution in [0.3, 0.4) is 0 Å². The number of pyridine rings is 1. The maximum atomic E-state index is 12.9. The predicted molar refractivity (Wildman–Crippen MR) is 110 cm³/mol. The van der Waals surface area contributed by atoms with Crippen molar-refractivity contribution in [2.45, 2.75) is 13.5 Å². The molecule has 0 saturated heterocycles. The highest BCUT2D eigenvalue weighted by Gasteiger charge is 2.17. The number of nitrogens with zero attached hydrogens (tertiary/aromatic N) is 4. The fraction of sp³-hybridized carbons (Fsp3) is 0.143. The number of hydrogen-bond donors (Lipinski definition) is 2. The molecule has 8 nitrogen and oxygen atoms in total. The highest BCUT2D eigenvalue weighted by Crippen LogP contribution is 2.21. The molecule has 4 aromatic rings. The van der Waals surface area contributed by atoms with Crippen molar-refractivity contribution >= 4 is 17.5 Å². The Hall–Kier alpha value is -3.94. The number of carbonyl (C=O) groups excluding carboxylic acids is 1. The zero-order valence-electron chi connectivity index (χ0n) is 16.1. The number of imidazole rings is 1. The quantitative estimate of drug-likeness (QED) is 0.544. The molecule has 4 rings (SSSR count). The van der Waals surface area contributed by atoms with E-state index >= 15 is 0 Å². The molecule has 0 aliphatic rings. The van der Waals surface area contributed by atoms with Gasteiger partial charge in [-0.3, -0.25) is 9.20 Å². The molecule has 0 bridgehead atoms. The third-order valence-corrected chi connectivity index (χ3v) is 4.57. The Labute approximate surface area is 167 Å². The van der Waals surface area contributed by atoms with Gasteiger partial charge in [0.25, 0.3) is 5.91 Å². The van der Waals surface area contributed by atoms with E-state index in [0.29, 0.717) is 29.3 Å². The number of nitrogen functional groups attached to an aromatic ring is 1. The summed E-state index contributed by atoms with van der Waals surface area (Å²) in [6.45, 7) is 2.20. The van der Waals surface area contributed by atoms with Crippen molar-refractivity contribution < 1.29 is 9.53 Å². The van der Waals surface area contributed by atoms with Crippen molar-refractivity contribution in [1.29, 1.82) is 0 Å². The predicted octanol–water partition coefficient (Wildman–Crippen LogP) is 2.62. The lowest BCUT2D eigenvalue weighted by molar-refractivity contribution is 0.0944. The molecule has 8 heteroatoms. The van der Waals surface area contributed by atoms with Crippen molar-refractivity contribution in [1.82, 2.24) is 24.7 Å². The lowest BCUT2D eigenvalue weighted by Crippen LogP contribution is -2.25. The number of rotatable bonds is 5. The fourth-order valence-electron chi connectivity index (χ4n) is 3.17. The van der Waals surface area contributed by atoms with Gasteiger partial charge in [-0.25, -0.2) is 15.0 Å². The number of fused-ring (bicyclic) bond motifs is 1. The number of amides is 1. The van der Waals surface area contributed by atoms with Crippen LogP contribution in [-0.4, -0.2) is 32.4 Å². The Morgan fingerprint density at radius 1 is 1.21 bits per heavy atom. The first kappa shape index (κ1) is 18.4. The molecule has 0 unspecified atom stereocenters. The fourth-order valence-corrected chi connectivity index (χ4v) is 3.17. The molecule has 0 saturated carbocycles. The number of methoxy groups -OCH3 is 1. The molecule has 1 amide bonds. The first-order valence-corrected chi connectivity index (χ1v) is 9.04. The molecule has 29 heavy (non-hydrogen) atoms. The van der Waals surface area contributed by atoms with Crippen LogP contribution in [0.4, 0.5) is 5.95 Å². The van der Waals surface area contributed by atoms with Crippen molar-refractivity contribution in [3.63, 3.8) is 0 Å². The monoisotopic (exact) mass is 388 g/mol. The van der Waals surface area contributed by atoms with Crippen LogP contribution in [0, 0.1) is 6.92 Å². The normalized spacial score (nSPS) is 10.8. The van der Waals surface area contributed by atoms with Gasteiger partial charge < -0.3 is 15.8 Å². The molecule has 1 aromatic carbocycles. The number of aryl methyl sites for hydroxylation is 1. The molecular formula is C21H20N6O2. The summed E-state index contributed by atoms with van der Waals surface area (Å²) in [7, 11) is 1.61. The minimum Gasteiger partial charge on any atom is -0.497 e. The second kappa shape index (κ2) is 7.59. The van der Waals surface area contributed by atoms with Gasteiger partial charge in [-0.2, -0.15) is 0 Å². The summed E-state index contributed by atoms with van der Waals surface area (Å²) in [4.78, 5) is 25.6. The summed E-state index contributed by atoms with van der Waals surface area (Å²) in [5.74, 6) is 0.731. The maximum absolute atomic E-state index is 12.9. The number of nitrogens with two attached hydrogens (primary N) is 1. The smallest absolute Gasteiger partial charge is 0.270 e. The van der Waals surface area contributed by atoms with E-state index in [0.717, 1.165) is 16.9 Å². The Bertz CT molecular complexity index is 1200. The van der Waals surface area contributed by atoms with Gasteiger partial charge >= 0.3 is 0 Å². The topological polar surface area (TPSA) is 107 Å². The molecule has 0 aliphatic heterocycles. The zero-order chi connectivity index (χ0) is 20.4. The minimum atomic E-state index is -0.211. The van der Waals surface area contributed by atoms with E-state index in [-0.39, 0.29) is 11.9 Å². The number of anilines is 1. The molecule has 3 N–H and O–H groups in total. The van der Waals surface area contributed by atoms with Crippen LogP contribution >= 0.6 is 0 Å². The lowest BCUT2D eigenvalue weighted by atomic mass is 10.2. The summed E-state index contributed by atoms with van der Waals surface area (Å²) in [5, 5.41) is 2.95. The third kappa shape index (κ3) is 3.73. The van der Waals surface area contributed by atoms with Crippen molar-refractivity contribution in [2.75, 3.05) is 12.8 Å². The van der Waals surface area contributed by atoms with Crippen molar-refractivity contribution in [3.05, 3.63) is 71.8 Å². The van der Waals surface area contributed by atoms with E-state index in [4.69, 9.17) is 10.5 Å². The Morgan fingerprint density at radius 3 is 2.86 bits per heavy atom. The molecule has 0 atom stereocenters. The van der Waals surface area contributed by atoms with Gasteiger partial charge in [0.2, 0.25) is 5.95 Å². The minimum absolute atomic E-state index is 0.195. The average Bonchev–Trinajstić information content (AvgIpc) is 3.07. The zero-order valence-corrected chi connectivity index (χ0v) is 16.1. The van der Waals surface area contributed by atoms with Gasteiger partial charge in [-0.05, 0) is 42.8 Å². The van der Waals surface area contributed by atoms with Crippen LogP contribution in [0.5, 0.6) is 5.75 Å². The van der Waals surface area contributed by atoms with E-state index in [1.54, 1.807) is 23.8 Å². The van der Waals surface area contributed by atoms with E-state index in [1.165, 1.54) is 0 Å². The van der Waals surface area contributed by atoms with Crippen molar-refractivity contribution in [3.8, 4) is 17.0 Å². The number of hydrogen-bond acceptors (Lipinski definition) is 6. The molecular weight excluding hydrogens is 368 g/mol. The number of nitrogens with one attached hydrogen (secondary N) is 1. The maximum Gasteiger partial charge on any atom is 0.270 e. The molecule has 3 heterocycles. The molecule has 146 valence electrons. The number of carbonyl (C=O) groups is 1. The Morgan fingerprint density at radius 2 is 2.07 bits per heavy atom. The second-order valence-corrected chi connectivity index (χ2v) is 6.53.